The number of hydrogen-bond acceptors (Lipinski definition) is 4. The fourth-order valence-electron chi connectivity index (χ4n) is 4.93. The molecule has 0 aliphatic rings. The van der Waals surface area contributed by atoms with Crippen LogP contribution in [0, 0.1) is 6.92 Å². The van der Waals surface area contributed by atoms with Crippen LogP contribution in [0.3, 0.4) is 0 Å². The highest BCUT2D eigenvalue weighted by Crippen LogP contribution is 2.32. The van der Waals surface area contributed by atoms with Crippen molar-refractivity contribution in [3.63, 3.8) is 0 Å². The predicted octanol–water partition coefficient (Wildman–Crippen LogP) is 7.71. The van der Waals surface area contributed by atoms with Gasteiger partial charge in [0.1, 0.15) is 12.6 Å². The number of benzene rings is 4. The number of anilines is 1. The highest BCUT2D eigenvalue weighted by molar-refractivity contribution is 7.92. The number of amides is 2. The molecule has 2 atom stereocenters. The molecule has 2 amide bonds. The summed E-state index contributed by atoms with van der Waals surface area (Å²) in [5.41, 5.74) is 2.19. The highest BCUT2D eigenvalue weighted by atomic mass is 35.5. The molecule has 0 aliphatic carbocycles. The van der Waals surface area contributed by atoms with Gasteiger partial charge in [-0.05, 0) is 73.4 Å². The van der Waals surface area contributed by atoms with Crippen LogP contribution in [0.15, 0.2) is 102 Å². The average Bonchev–Trinajstić information content (AvgIpc) is 3.05. The third-order valence-electron chi connectivity index (χ3n) is 7.73. The van der Waals surface area contributed by atoms with Crippen molar-refractivity contribution in [1.29, 1.82) is 0 Å². The van der Waals surface area contributed by atoms with Crippen molar-refractivity contribution in [3.8, 4) is 0 Å². The van der Waals surface area contributed by atoms with Gasteiger partial charge in [0, 0.05) is 24.0 Å². The molecule has 0 aromatic heterocycles. The molecule has 0 radical (unpaired) electrons. The fraction of sp³-hybridized carbons (Fsp3) is 0.257. The summed E-state index contributed by atoms with van der Waals surface area (Å²) in [4.78, 5) is 30.0. The Morgan fingerprint density at radius 3 is 2.09 bits per heavy atom. The van der Waals surface area contributed by atoms with E-state index >= 15 is 0 Å². The standard InChI is InChI=1S/C35H36Cl3N3O4S/c1-4-24(2)39-35(43)33(21-26-12-7-5-8-13-26)40(22-27-18-19-30(37)31(38)20-27)34(42)23-41(32-17-11-16-29(36)25(32)3)46(44,45)28-14-9-6-10-15-28/h5-20,24,33H,4,21-23H2,1-3H3,(H,39,43). The fourth-order valence-corrected chi connectivity index (χ4v) is 6.91. The molecule has 11 heteroatoms. The van der Waals surface area contributed by atoms with Crippen LogP contribution >= 0.6 is 34.8 Å². The molecule has 0 bridgehead atoms. The molecule has 46 heavy (non-hydrogen) atoms. The van der Waals surface area contributed by atoms with E-state index in [0.717, 1.165) is 9.87 Å². The number of nitrogens with one attached hydrogen (secondary N) is 1. The Morgan fingerprint density at radius 2 is 1.46 bits per heavy atom. The van der Waals surface area contributed by atoms with Gasteiger partial charge in [-0.15, -0.1) is 0 Å². The number of hydrogen-bond donors (Lipinski definition) is 1. The molecule has 0 fully saturated rings. The van der Waals surface area contributed by atoms with Crippen LogP contribution in [0.1, 0.15) is 37.0 Å². The Labute approximate surface area is 286 Å². The molecule has 0 heterocycles. The monoisotopic (exact) mass is 699 g/mol. The normalized spacial score (nSPS) is 12.7. The Morgan fingerprint density at radius 1 is 0.804 bits per heavy atom. The summed E-state index contributed by atoms with van der Waals surface area (Å²) < 4.78 is 29.4. The summed E-state index contributed by atoms with van der Waals surface area (Å²) >= 11 is 19.0. The average molecular weight is 701 g/mol. The highest BCUT2D eigenvalue weighted by Gasteiger charge is 2.35. The molecule has 242 valence electrons. The third kappa shape index (κ3) is 8.62. The second-order valence-corrected chi connectivity index (χ2v) is 14.1. The van der Waals surface area contributed by atoms with Gasteiger partial charge in [-0.2, -0.15) is 0 Å². The molecule has 0 saturated carbocycles. The first-order valence-electron chi connectivity index (χ1n) is 14.8. The third-order valence-corrected chi connectivity index (χ3v) is 10.6. The lowest BCUT2D eigenvalue weighted by atomic mass is 10.0. The van der Waals surface area contributed by atoms with E-state index in [2.05, 4.69) is 5.32 Å². The second kappa shape index (κ2) is 15.8. The predicted molar refractivity (Wildman–Crippen MR) is 186 cm³/mol. The van der Waals surface area contributed by atoms with Gasteiger partial charge in [-0.3, -0.25) is 13.9 Å². The maximum atomic E-state index is 14.6. The lowest BCUT2D eigenvalue weighted by molar-refractivity contribution is -0.140. The van der Waals surface area contributed by atoms with Crippen molar-refractivity contribution in [2.45, 2.75) is 57.1 Å². The zero-order chi connectivity index (χ0) is 33.4. The second-order valence-electron chi connectivity index (χ2n) is 11.0. The summed E-state index contributed by atoms with van der Waals surface area (Å²) in [6, 6.07) is 26.0. The zero-order valence-electron chi connectivity index (χ0n) is 25.8. The maximum Gasteiger partial charge on any atom is 0.264 e. The Balaban J connectivity index is 1.85. The first kappa shape index (κ1) is 35.3. The Kier molecular flexibility index (Phi) is 12.1. The van der Waals surface area contributed by atoms with Crippen molar-refractivity contribution in [2.24, 2.45) is 0 Å². The smallest absolute Gasteiger partial charge is 0.264 e. The zero-order valence-corrected chi connectivity index (χ0v) is 28.9. The molecule has 2 unspecified atom stereocenters. The summed E-state index contributed by atoms with van der Waals surface area (Å²) in [5.74, 6) is -0.951. The SMILES string of the molecule is CCC(C)NC(=O)C(Cc1ccccc1)N(Cc1ccc(Cl)c(Cl)c1)C(=O)CN(c1cccc(Cl)c1C)S(=O)(=O)c1ccccc1. The van der Waals surface area contributed by atoms with Crippen molar-refractivity contribution in [1.82, 2.24) is 10.2 Å². The van der Waals surface area contributed by atoms with Crippen LogP contribution in [0.25, 0.3) is 0 Å². The molecule has 4 rings (SSSR count). The number of rotatable bonds is 13. The lowest BCUT2D eigenvalue weighted by Crippen LogP contribution is -2.54. The molecule has 1 N–H and O–H groups in total. The molecular weight excluding hydrogens is 665 g/mol. The number of sulfonamides is 1. The first-order chi connectivity index (χ1) is 21.9. The molecule has 0 aliphatic heterocycles. The summed E-state index contributed by atoms with van der Waals surface area (Å²) in [7, 11) is -4.25. The van der Waals surface area contributed by atoms with Crippen LogP contribution in [0.5, 0.6) is 0 Å². The molecule has 0 saturated heterocycles. The van der Waals surface area contributed by atoms with E-state index < -0.39 is 28.5 Å². The van der Waals surface area contributed by atoms with Gasteiger partial charge < -0.3 is 10.2 Å². The van der Waals surface area contributed by atoms with Gasteiger partial charge in [0.05, 0.1) is 20.6 Å². The van der Waals surface area contributed by atoms with Crippen LogP contribution < -0.4 is 9.62 Å². The number of carbonyl (C=O) groups excluding carboxylic acids is 2. The van der Waals surface area contributed by atoms with E-state index in [-0.39, 0.29) is 40.5 Å². The summed E-state index contributed by atoms with van der Waals surface area (Å²) in [6.45, 7) is 4.91. The van der Waals surface area contributed by atoms with Crippen molar-refractivity contribution < 1.29 is 18.0 Å². The molecule has 0 spiro atoms. The minimum atomic E-state index is -4.25. The number of carbonyl (C=O) groups is 2. The van der Waals surface area contributed by atoms with Crippen LogP contribution in [-0.4, -0.2) is 43.8 Å². The van der Waals surface area contributed by atoms with Crippen LogP contribution in [0.2, 0.25) is 15.1 Å². The largest absolute Gasteiger partial charge is 0.352 e. The number of nitrogens with zero attached hydrogens (tertiary/aromatic N) is 2. The summed E-state index contributed by atoms with van der Waals surface area (Å²) in [6.07, 6.45) is 0.874. The Bertz CT molecular complexity index is 1770. The van der Waals surface area contributed by atoms with E-state index in [1.807, 2.05) is 44.2 Å². The van der Waals surface area contributed by atoms with Gasteiger partial charge in [-0.1, -0.05) is 102 Å². The lowest BCUT2D eigenvalue weighted by Gasteiger charge is -2.34. The van der Waals surface area contributed by atoms with E-state index in [1.54, 1.807) is 61.5 Å². The number of halogens is 3. The molecule has 4 aromatic rings. The summed E-state index contributed by atoms with van der Waals surface area (Å²) in [5, 5.41) is 4.00. The maximum absolute atomic E-state index is 14.6. The molecular formula is C35H36Cl3N3O4S. The van der Waals surface area contributed by atoms with Gasteiger partial charge >= 0.3 is 0 Å². The van der Waals surface area contributed by atoms with E-state index in [4.69, 9.17) is 34.8 Å². The van der Waals surface area contributed by atoms with Crippen molar-refractivity contribution >= 4 is 62.3 Å². The van der Waals surface area contributed by atoms with Gasteiger partial charge in [-0.25, -0.2) is 8.42 Å². The van der Waals surface area contributed by atoms with Gasteiger partial charge in [0.2, 0.25) is 11.8 Å². The van der Waals surface area contributed by atoms with Crippen molar-refractivity contribution in [3.05, 3.63) is 129 Å². The van der Waals surface area contributed by atoms with E-state index in [0.29, 0.717) is 27.6 Å². The van der Waals surface area contributed by atoms with E-state index in [9.17, 15) is 18.0 Å². The topological polar surface area (TPSA) is 86.8 Å². The van der Waals surface area contributed by atoms with E-state index in [1.165, 1.54) is 17.0 Å². The van der Waals surface area contributed by atoms with Gasteiger partial charge in [0.15, 0.2) is 0 Å². The first-order valence-corrected chi connectivity index (χ1v) is 17.4. The molecule has 7 nitrogen and oxygen atoms in total. The van der Waals surface area contributed by atoms with Gasteiger partial charge in [0.25, 0.3) is 10.0 Å². The van der Waals surface area contributed by atoms with Crippen LogP contribution in [0.4, 0.5) is 5.69 Å². The minimum Gasteiger partial charge on any atom is -0.352 e. The quantitative estimate of drug-likeness (QED) is 0.155. The van der Waals surface area contributed by atoms with Crippen molar-refractivity contribution in [2.75, 3.05) is 10.8 Å². The van der Waals surface area contributed by atoms with Crippen LogP contribution in [-0.2, 0) is 32.6 Å². The minimum absolute atomic E-state index is 0.00792. The Hall–Kier alpha value is -3.56. The molecule has 4 aromatic carbocycles.